The van der Waals surface area contributed by atoms with Crippen molar-refractivity contribution in [1.29, 1.82) is 0 Å². The molecular weight excluding hydrogens is 393 g/mol. The average molecular weight is 428 g/mol. The summed E-state index contributed by atoms with van der Waals surface area (Å²) in [4.78, 5) is 50.3. The predicted octanol–water partition coefficient (Wildman–Crippen LogP) is 3.01. The lowest BCUT2D eigenvalue weighted by Crippen LogP contribution is -2.48. The topological polar surface area (TPSA) is 112 Å². The third-order valence-corrected chi connectivity index (χ3v) is 6.95. The van der Waals surface area contributed by atoms with Gasteiger partial charge in [-0.25, -0.2) is 9.18 Å². The number of amides is 1. The van der Waals surface area contributed by atoms with Crippen molar-refractivity contribution in [3.05, 3.63) is 0 Å². The Morgan fingerprint density at radius 1 is 1.13 bits per heavy atom. The molecule has 1 amide bonds. The van der Waals surface area contributed by atoms with E-state index in [9.17, 15) is 33.8 Å². The number of alkyl halides is 1. The largest absolute Gasteiger partial charge is 0.481 e. The van der Waals surface area contributed by atoms with E-state index < -0.39 is 47.3 Å². The van der Waals surface area contributed by atoms with Crippen LogP contribution >= 0.6 is 0 Å². The quantitative estimate of drug-likeness (QED) is 0.616. The van der Waals surface area contributed by atoms with Gasteiger partial charge in [-0.3, -0.25) is 14.4 Å². The maximum Gasteiger partial charge on any atom is 0.326 e. The number of nitrogens with zero attached hydrogens (tertiary/aromatic N) is 1. The lowest BCUT2D eigenvalue weighted by atomic mass is 9.77. The van der Waals surface area contributed by atoms with Gasteiger partial charge in [0.1, 0.15) is 18.0 Å². The molecule has 0 aromatic rings. The molecular formula is C22H34FNO6. The SMILES string of the molecule is CC(C)C(=O)C1C[C@H](F)[C@H](CCC(C)(C)C(=O)N2CC[C@H](C)[C@H]2C(=O)O)[C@H]1C(=O)O. The van der Waals surface area contributed by atoms with Crippen molar-refractivity contribution in [1.82, 2.24) is 4.90 Å². The third kappa shape index (κ3) is 4.67. The number of hydrogen-bond acceptors (Lipinski definition) is 4. The summed E-state index contributed by atoms with van der Waals surface area (Å²) in [6, 6.07) is -0.878. The molecule has 1 heterocycles. The van der Waals surface area contributed by atoms with Gasteiger partial charge in [-0.2, -0.15) is 0 Å². The van der Waals surface area contributed by atoms with Crippen molar-refractivity contribution in [3.8, 4) is 0 Å². The van der Waals surface area contributed by atoms with Crippen LogP contribution in [-0.4, -0.2) is 57.5 Å². The summed E-state index contributed by atoms with van der Waals surface area (Å²) in [5.74, 6) is -6.07. The van der Waals surface area contributed by atoms with E-state index in [1.165, 1.54) is 4.90 Å². The normalized spacial score (nSPS) is 31.9. The summed E-state index contributed by atoms with van der Waals surface area (Å²) >= 11 is 0. The number of hydrogen-bond donors (Lipinski definition) is 2. The zero-order valence-electron chi connectivity index (χ0n) is 18.4. The molecule has 30 heavy (non-hydrogen) atoms. The number of likely N-dealkylation sites (tertiary alicyclic amines) is 1. The number of rotatable bonds is 8. The first-order valence-corrected chi connectivity index (χ1v) is 10.7. The summed E-state index contributed by atoms with van der Waals surface area (Å²) in [6.07, 6.45) is -0.532. The molecule has 0 aromatic heterocycles. The minimum atomic E-state index is -1.41. The number of halogens is 1. The number of aliphatic carboxylic acids is 2. The van der Waals surface area contributed by atoms with Crippen LogP contribution in [0.4, 0.5) is 4.39 Å². The zero-order chi connectivity index (χ0) is 23.0. The van der Waals surface area contributed by atoms with E-state index in [1.54, 1.807) is 34.6 Å². The van der Waals surface area contributed by atoms with E-state index in [2.05, 4.69) is 0 Å². The number of ketones is 1. The maximum absolute atomic E-state index is 14.8. The van der Waals surface area contributed by atoms with Gasteiger partial charge in [0.25, 0.3) is 0 Å². The predicted molar refractivity (Wildman–Crippen MR) is 107 cm³/mol. The Labute approximate surface area is 177 Å². The second-order valence-corrected chi connectivity index (χ2v) is 9.91. The molecule has 0 bridgehead atoms. The molecule has 7 nitrogen and oxygen atoms in total. The Morgan fingerprint density at radius 3 is 2.23 bits per heavy atom. The van der Waals surface area contributed by atoms with E-state index >= 15 is 0 Å². The molecule has 1 aliphatic carbocycles. The highest BCUT2D eigenvalue weighted by molar-refractivity contribution is 5.89. The fraction of sp³-hybridized carbons (Fsp3) is 0.818. The molecule has 8 heteroatoms. The first-order chi connectivity index (χ1) is 13.8. The standard InChI is InChI=1S/C22H34FNO6/c1-11(2)18(25)14-10-15(23)13(16(14)19(26)27)6-8-22(4,5)21(30)24-9-7-12(3)17(24)20(28)29/h11-17H,6-10H2,1-5H3,(H,26,27)(H,28,29)/t12-,13-,14?,15-,16+,17-/m0/s1. The van der Waals surface area contributed by atoms with E-state index in [1.807, 2.05) is 0 Å². The van der Waals surface area contributed by atoms with Crippen LogP contribution < -0.4 is 0 Å². The molecule has 2 aliphatic rings. The molecule has 6 atom stereocenters. The van der Waals surface area contributed by atoms with Gasteiger partial charge in [0.2, 0.25) is 5.91 Å². The highest BCUT2D eigenvalue weighted by Gasteiger charge is 2.51. The summed E-state index contributed by atoms with van der Waals surface area (Å²) in [5.41, 5.74) is -0.958. The van der Waals surface area contributed by atoms with E-state index in [0.717, 1.165) is 0 Å². The molecule has 1 aliphatic heterocycles. The van der Waals surface area contributed by atoms with Crippen molar-refractivity contribution in [3.63, 3.8) is 0 Å². The summed E-state index contributed by atoms with van der Waals surface area (Å²) in [7, 11) is 0. The van der Waals surface area contributed by atoms with Crippen molar-refractivity contribution in [2.24, 2.45) is 35.0 Å². The van der Waals surface area contributed by atoms with Crippen molar-refractivity contribution < 1.29 is 33.8 Å². The first kappa shape index (κ1) is 24.3. The molecule has 1 saturated carbocycles. The molecule has 0 radical (unpaired) electrons. The molecule has 1 unspecified atom stereocenters. The number of carboxylic acid groups (broad SMARTS) is 2. The minimum Gasteiger partial charge on any atom is -0.481 e. The van der Waals surface area contributed by atoms with Crippen LogP contribution in [-0.2, 0) is 19.2 Å². The van der Waals surface area contributed by atoms with Gasteiger partial charge in [0.05, 0.1) is 5.92 Å². The number of carboxylic acids is 2. The van der Waals surface area contributed by atoms with Crippen LogP contribution in [0.15, 0.2) is 0 Å². The van der Waals surface area contributed by atoms with Crippen LogP contribution in [0, 0.1) is 35.0 Å². The van der Waals surface area contributed by atoms with Gasteiger partial charge in [0.15, 0.2) is 0 Å². The van der Waals surface area contributed by atoms with Crippen LogP contribution in [0.5, 0.6) is 0 Å². The van der Waals surface area contributed by atoms with Crippen molar-refractivity contribution >= 4 is 23.6 Å². The molecule has 0 aromatic carbocycles. The molecule has 2 N–H and O–H groups in total. The Kier molecular flexibility index (Phi) is 7.30. The van der Waals surface area contributed by atoms with Crippen LogP contribution in [0.1, 0.15) is 60.3 Å². The highest BCUT2D eigenvalue weighted by Crippen LogP contribution is 2.45. The van der Waals surface area contributed by atoms with Gasteiger partial charge >= 0.3 is 11.9 Å². The second-order valence-electron chi connectivity index (χ2n) is 9.91. The second kappa shape index (κ2) is 9.02. The average Bonchev–Trinajstić information content (AvgIpc) is 3.18. The van der Waals surface area contributed by atoms with Crippen LogP contribution in [0.25, 0.3) is 0 Å². The van der Waals surface area contributed by atoms with E-state index in [0.29, 0.717) is 13.0 Å². The Balaban J connectivity index is 2.13. The molecule has 2 rings (SSSR count). The fourth-order valence-electron chi connectivity index (χ4n) is 5.10. The molecule has 2 fully saturated rings. The highest BCUT2D eigenvalue weighted by atomic mass is 19.1. The third-order valence-electron chi connectivity index (χ3n) is 6.95. The monoisotopic (exact) mass is 427 g/mol. The van der Waals surface area contributed by atoms with Crippen molar-refractivity contribution in [2.75, 3.05) is 6.54 Å². The van der Waals surface area contributed by atoms with E-state index in [4.69, 9.17) is 0 Å². The van der Waals surface area contributed by atoms with E-state index in [-0.39, 0.29) is 42.8 Å². The number of carbonyl (C=O) groups is 4. The zero-order valence-corrected chi connectivity index (χ0v) is 18.4. The smallest absolute Gasteiger partial charge is 0.326 e. The van der Waals surface area contributed by atoms with Crippen molar-refractivity contribution in [2.45, 2.75) is 72.5 Å². The first-order valence-electron chi connectivity index (χ1n) is 10.7. The van der Waals surface area contributed by atoms with Gasteiger partial charge < -0.3 is 15.1 Å². The minimum absolute atomic E-state index is 0.0995. The lowest BCUT2D eigenvalue weighted by Gasteiger charge is -2.33. The summed E-state index contributed by atoms with van der Waals surface area (Å²) in [5, 5.41) is 19.2. The van der Waals surface area contributed by atoms with Gasteiger partial charge in [-0.15, -0.1) is 0 Å². The number of carbonyl (C=O) groups excluding carboxylic acids is 2. The van der Waals surface area contributed by atoms with Gasteiger partial charge in [0, 0.05) is 29.7 Å². The summed E-state index contributed by atoms with van der Waals surface area (Å²) in [6.45, 7) is 8.89. The molecule has 0 spiro atoms. The summed E-state index contributed by atoms with van der Waals surface area (Å²) < 4.78 is 14.8. The Morgan fingerprint density at radius 2 is 1.73 bits per heavy atom. The van der Waals surface area contributed by atoms with Crippen LogP contribution in [0.2, 0.25) is 0 Å². The fourth-order valence-corrected chi connectivity index (χ4v) is 5.10. The Hall–Kier alpha value is -1.99. The maximum atomic E-state index is 14.8. The number of Topliss-reactive ketones (excluding diaryl/α,β-unsaturated/α-hetero) is 1. The Bertz CT molecular complexity index is 706. The van der Waals surface area contributed by atoms with Gasteiger partial charge in [-0.05, 0) is 31.6 Å². The molecule has 170 valence electrons. The van der Waals surface area contributed by atoms with Crippen LogP contribution in [0.3, 0.4) is 0 Å². The molecule has 1 saturated heterocycles. The van der Waals surface area contributed by atoms with Gasteiger partial charge in [-0.1, -0.05) is 34.6 Å². The lowest BCUT2D eigenvalue weighted by molar-refractivity contribution is -0.153.